The molecule has 6 heteroatoms. The molecule has 0 aliphatic carbocycles. The number of amides is 1. The Morgan fingerprint density at radius 2 is 2.00 bits per heavy atom. The molecule has 1 N–H and O–H groups in total. The van der Waals surface area contributed by atoms with Crippen LogP contribution in [0.15, 0.2) is 47.0 Å². The van der Waals surface area contributed by atoms with Crippen LogP contribution in [-0.2, 0) is 13.2 Å². The van der Waals surface area contributed by atoms with Gasteiger partial charge < -0.3 is 14.5 Å². The molecule has 0 bridgehead atoms. The van der Waals surface area contributed by atoms with E-state index >= 15 is 0 Å². The highest BCUT2D eigenvalue weighted by molar-refractivity contribution is 5.91. The van der Waals surface area contributed by atoms with Crippen molar-refractivity contribution < 1.29 is 13.9 Å². The number of hydrogen-bond acceptors (Lipinski definition) is 4. The van der Waals surface area contributed by atoms with Crippen LogP contribution < -0.4 is 10.1 Å². The summed E-state index contributed by atoms with van der Waals surface area (Å²) in [6.45, 7) is 11.3. The van der Waals surface area contributed by atoms with Gasteiger partial charge in [-0.1, -0.05) is 26.0 Å². The zero-order chi connectivity index (χ0) is 21.0. The molecule has 0 fully saturated rings. The van der Waals surface area contributed by atoms with Gasteiger partial charge in [0.25, 0.3) is 5.91 Å². The van der Waals surface area contributed by atoms with Gasteiger partial charge in [-0.05, 0) is 62.1 Å². The van der Waals surface area contributed by atoms with Crippen molar-refractivity contribution in [2.45, 2.75) is 59.7 Å². The van der Waals surface area contributed by atoms with E-state index in [-0.39, 0.29) is 24.3 Å². The number of carbonyl (C=O) groups excluding carboxylic acids is 1. The highest BCUT2D eigenvalue weighted by Crippen LogP contribution is 2.28. The number of ether oxygens (including phenoxy) is 1. The van der Waals surface area contributed by atoms with Crippen molar-refractivity contribution in [3.63, 3.8) is 0 Å². The Labute approximate surface area is 171 Å². The van der Waals surface area contributed by atoms with Crippen LogP contribution in [0.4, 0.5) is 0 Å². The summed E-state index contributed by atoms with van der Waals surface area (Å²) in [4.78, 5) is 12.5. The fraction of sp³-hybridized carbons (Fsp3) is 0.391. The maximum atomic E-state index is 12.5. The van der Waals surface area contributed by atoms with Gasteiger partial charge in [-0.3, -0.25) is 9.48 Å². The SMILES string of the molecule is CCn1ccc(C(C)NC(=O)c2ccc(COc3cc(C)ccc3C(C)C)o2)n1. The van der Waals surface area contributed by atoms with Gasteiger partial charge in [-0.15, -0.1) is 0 Å². The van der Waals surface area contributed by atoms with E-state index < -0.39 is 0 Å². The molecule has 1 unspecified atom stereocenters. The maximum Gasteiger partial charge on any atom is 0.287 e. The van der Waals surface area contributed by atoms with Crippen LogP contribution in [0, 0.1) is 6.92 Å². The predicted molar refractivity (Wildman–Crippen MR) is 112 cm³/mol. The van der Waals surface area contributed by atoms with E-state index in [0.29, 0.717) is 11.7 Å². The van der Waals surface area contributed by atoms with Crippen molar-refractivity contribution in [1.82, 2.24) is 15.1 Å². The number of nitrogens with one attached hydrogen (secondary N) is 1. The summed E-state index contributed by atoms with van der Waals surface area (Å²) in [7, 11) is 0. The summed E-state index contributed by atoms with van der Waals surface area (Å²) in [5.74, 6) is 1.81. The molecular weight excluding hydrogens is 366 g/mol. The minimum atomic E-state index is -0.270. The van der Waals surface area contributed by atoms with Crippen LogP contribution in [0.5, 0.6) is 5.75 Å². The number of hydrogen-bond donors (Lipinski definition) is 1. The summed E-state index contributed by atoms with van der Waals surface area (Å²) in [6, 6.07) is 11.4. The summed E-state index contributed by atoms with van der Waals surface area (Å²) in [5, 5.41) is 7.34. The lowest BCUT2D eigenvalue weighted by Crippen LogP contribution is -2.26. The maximum absolute atomic E-state index is 12.5. The highest BCUT2D eigenvalue weighted by atomic mass is 16.5. The lowest BCUT2D eigenvalue weighted by Gasteiger charge is -2.14. The third kappa shape index (κ3) is 5.08. The molecule has 0 radical (unpaired) electrons. The van der Waals surface area contributed by atoms with Crippen LogP contribution in [0.2, 0.25) is 0 Å². The van der Waals surface area contributed by atoms with Gasteiger partial charge in [0.2, 0.25) is 0 Å². The lowest BCUT2D eigenvalue weighted by molar-refractivity contribution is 0.0907. The molecule has 1 amide bonds. The molecule has 0 spiro atoms. The molecule has 29 heavy (non-hydrogen) atoms. The topological polar surface area (TPSA) is 69.3 Å². The van der Waals surface area contributed by atoms with Crippen molar-refractivity contribution in [3.05, 3.63) is 70.9 Å². The first-order valence-corrected chi connectivity index (χ1v) is 10.0. The standard InChI is InChI=1S/C23H29N3O3/c1-6-26-12-11-20(25-26)17(5)24-23(27)21-10-8-18(29-21)14-28-22-13-16(4)7-9-19(22)15(2)3/h7-13,15,17H,6,14H2,1-5H3,(H,24,27). The quantitative estimate of drug-likeness (QED) is 0.583. The third-order valence-electron chi connectivity index (χ3n) is 4.82. The molecule has 3 aromatic rings. The van der Waals surface area contributed by atoms with Gasteiger partial charge in [0.15, 0.2) is 5.76 Å². The Balaban J connectivity index is 1.62. The monoisotopic (exact) mass is 395 g/mol. The number of aryl methyl sites for hydroxylation is 2. The zero-order valence-electron chi connectivity index (χ0n) is 17.7. The summed E-state index contributed by atoms with van der Waals surface area (Å²) in [6.07, 6.45) is 1.90. The molecular formula is C23H29N3O3. The van der Waals surface area contributed by atoms with E-state index in [0.717, 1.165) is 29.1 Å². The second-order valence-corrected chi connectivity index (χ2v) is 7.54. The Morgan fingerprint density at radius 3 is 2.69 bits per heavy atom. The average Bonchev–Trinajstić information content (AvgIpc) is 3.35. The molecule has 0 aliphatic rings. The normalized spacial score (nSPS) is 12.2. The van der Waals surface area contributed by atoms with Gasteiger partial charge in [0.1, 0.15) is 18.1 Å². The van der Waals surface area contributed by atoms with E-state index in [9.17, 15) is 4.79 Å². The van der Waals surface area contributed by atoms with E-state index in [1.54, 1.807) is 12.1 Å². The first-order chi connectivity index (χ1) is 13.9. The number of nitrogens with zero attached hydrogens (tertiary/aromatic N) is 2. The van der Waals surface area contributed by atoms with Crippen LogP contribution in [0.1, 0.15) is 72.8 Å². The minimum Gasteiger partial charge on any atom is -0.485 e. The molecule has 2 aromatic heterocycles. The molecule has 2 heterocycles. The largest absolute Gasteiger partial charge is 0.485 e. The van der Waals surface area contributed by atoms with Gasteiger partial charge >= 0.3 is 0 Å². The Kier molecular flexibility index (Phi) is 6.42. The van der Waals surface area contributed by atoms with Crippen molar-refractivity contribution >= 4 is 5.91 Å². The Morgan fingerprint density at radius 1 is 1.21 bits per heavy atom. The summed E-state index contributed by atoms with van der Waals surface area (Å²) >= 11 is 0. The Hall–Kier alpha value is -3.02. The van der Waals surface area contributed by atoms with Gasteiger partial charge in [0, 0.05) is 12.7 Å². The van der Waals surface area contributed by atoms with E-state index in [4.69, 9.17) is 9.15 Å². The molecule has 154 valence electrons. The van der Waals surface area contributed by atoms with Gasteiger partial charge in [0.05, 0.1) is 11.7 Å². The van der Waals surface area contributed by atoms with E-state index in [1.807, 2.05) is 43.8 Å². The molecule has 3 rings (SSSR count). The second kappa shape index (κ2) is 8.99. The average molecular weight is 396 g/mol. The second-order valence-electron chi connectivity index (χ2n) is 7.54. The fourth-order valence-corrected chi connectivity index (χ4v) is 3.10. The lowest BCUT2D eigenvalue weighted by atomic mass is 10.0. The molecule has 6 nitrogen and oxygen atoms in total. The Bertz CT molecular complexity index is 971. The highest BCUT2D eigenvalue weighted by Gasteiger charge is 2.17. The number of rotatable bonds is 8. The van der Waals surface area contributed by atoms with Crippen LogP contribution in [0.3, 0.4) is 0 Å². The first kappa shape index (κ1) is 20.7. The van der Waals surface area contributed by atoms with Crippen molar-refractivity contribution in [3.8, 4) is 5.75 Å². The van der Waals surface area contributed by atoms with Crippen LogP contribution in [-0.4, -0.2) is 15.7 Å². The van der Waals surface area contributed by atoms with Crippen LogP contribution in [0.25, 0.3) is 0 Å². The van der Waals surface area contributed by atoms with Crippen LogP contribution >= 0.6 is 0 Å². The van der Waals surface area contributed by atoms with E-state index in [2.05, 4.69) is 36.4 Å². The predicted octanol–water partition coefficient (Wildman–Crippen LogP) is 5.00. The van der Waals surface area contributed by atoms with Gasteiger partial charge in [-0.25, -0.2) is 0 Å². The fourth-order valence-electron chi connectivity index (χ4n) is 3.10. The van der Waals surface area contributed by atoms with Gasteiger partial charge in [-0.2, -0.15) is 5.10 Å². The number of carbonyl (C=O) groups is 1. The van der Waals surface area contributed by atoms with Crippen molar-refractivity contribution in [1.29, 1.82) is 0 Å². The summed E-state index contributed by atoms with van der Waals surface area (Å²) < 4.78 is 13.5. The third-order valence-corrected chi connectivity index (χ3v) is 4.82. The van der Waals surface area contributed by atoms with Crippen molar-refractivity contribution in [2.75, 3.05) is 0 Å². The number of benzene rings is 1. The zero-order valence-corrected chi connectivity index (χ0v) is 17.7. The molecule has 0 aliphatic heterocycles. The summed E-state index contributed by atoms with van der Waals surface area (Å²) in [5.41, 5.74) is 3.11. The molecule has 0 saturated carbocycles. The smallest absolute Gasteiger partial charge is 0.287 e. The number of aromatic nitrogens is 2. The molecule has 1 atom stereocenters. The molecule has 0 saturated heterocycles. The minimum absolute atomic E-state index is 0.207. The number of furan rings is 1. The van der Waals surface area contributed by atoms with E-state index in [1.165, 1.54) is 0 Å². The molecule has 1 aromatic carbocycles. The first-order valence-electron chi connectivity index (χ1n) is 10.0. The van der Waals surface area contributed by atoms with Crippen molar-refractivity contribution in [2.24, 2.45) is 0 Å².